The molecule has 0 bridgehead atoms. The third-order valence-corrected chi connectivity index (χ3v) is 8.95. The minimum absolute atomic E-state index is 0.0171. The Bertz CT molecular complexity index is 1240. The number of benzene rings is 3. The fourth-order valence-electron chi connectivity index (χ4n) is 5.60. The van der Waals surface area contributed by atoms with Gasteiger partial charge in [-0.05, 0) is 16.7 Å². The summed E-state index contributed by atoms with van der Waals surface area (Å²) in [5, 5.41) is 10.3. The van der Waals surface area contributed by atoms with Crippen molar-refractivity contribution in [3.63, 3.8) is 0 Å². The van der Waals surface area contributed by atoms with Gasteiger partial charge in [-0.3, -0.25) is 4.79 Å². The molecular weight excluding hydrogens is 448 g/mol. The van der Waals surface area contributed by atoms with Gasteiger partial charge < -0.3 is 10.0 Å². The summed E-state index contributed by atoms with van der Waals surface area (Å²) in [6.45, 7) is 0.374. The van der Waals surface area contributed by atoms with Gasteiger partial charge in [-0.15, -0.1) is 0 Å². The number of rotatable bonds is 7. The number of hydrogen-bond acceptors (Lipinski definition) is 4. The van der Waals surface area contributed by atoms with Gasteiger partial charge in [0.05, 0.1) is 30.4 Å². The SMILES string of the molecule is O=C(Cc1ccccc1)N1CC2(C1)[C@@H](c1ccccc1)[C@@H](CO)N2S(=O)(=O)Cc1ccccc1. The van der Waals surface area contributed by atoms with E-state index >= 15 is 0 Å². The average molecular weight is 477 g/mol. The Morgan fingerprint density at radius 3 is 1.94 bits per heavy atom. The van der Waals surface area contributed by atoms with Gasteiger partial charge in [0.15, 0.2) is 0 Å². The summed E-state index contributed by atoms with van der Waals surface area (Å²) in [6, 6.07) is 27.8. The van der Waals surface area contributed by atoms with Gasteiger partial charge in [0.25, 0.3) is 0 Å². The lowest BCUT2D eigenvalue weighted by Crippen LogP contribution is -2.85. The Hall–Kier alpha value is -3.00. The average Bonchev–Trinajstić information content (AvgIpc) is 2.79. The van der Waals surface area contributed by atoms with Crippen molar-refractivity contribution in [3.8, 4) is 0 Å². The number of aliphatic hydroxyl groups is 1. The van der Waals surface area contributed by atoms with Crippen molar-refractivity contribution in [2.45, 2.75) is 29.7 Å². The number of sulfonamides is 1. The van der Waals surface area contributed by atoms with Gasteiger partial charge in [0.1, 0.15) is 0 Å². The largest absolute Gasteiger partial charge is 0.395 e. The standard InChI is InChI=1S/C27H28N2O4S/c30-17-24-26(23-14-8-3-9-15-23)27(29(24)34(32,33)18-22-12-6-2-7-13-22)19-28(20-27)25(31)16-21-10-4-1-5-11-21/h1-15,24,26,30H,16-20H2/t24-,26+/m1/s1. The molecule has 2 aliphatic rings. The summed E-state index contributed by atoms with van der Waals surface area (Å²) in [4.78, 5) is 14.7. The highest BCUT2D eigenvalue weighted by Crippen LogP contribution is 2.55. The second-order valence-corrected chi connectivity index (χ2v) is 11.0. The molecule has 2 aliphatic heterocycles. The monoisotopic (exact) mass is 476 g/mol. The summed E-state index contributed by atoms with van der Waals surface area (Å²) in [5.41, 5.74) is 1.88. The van der Waals surface area contributed by atoms with Crippen molar-refractivity contribution in [2.24, 2.45) is 0 Å². The molecule has 0 radical (unpaired) electrons. The highest BCUT2D eigenvalue weighted by molar-refractivity contribution is 7.88. The van der Waals surface area contributed by atoms with Gasteiger partial charge in [0.2, 0.25) is 15.9 Å². The lowest BCUT2D eigenvalue weighted by Gasteiger charge is -2.69. The first-order chi connectivity index (χ1) is 16.4. The first-order valence-corrected chi connectivity index (χ1v) is 13.1. The molecule has 0 aromatic heterocycles. The number of nitrogens with zero attached hydrogens (tertiary/aromatic N) is 2. The lowest BCUT2D eigenvalue weighted by molar-refractivity contribution is -0.166. The molecule has 176 valence electrons. The number of carbonyl (C=O) groups excluding carboxylic acids is 1. The predicted molar refractivity (Wildman–Crippen MR) is 130 cm³/mol. The van der Waals surface area contributed by atoms with E-state index in [-0.39, 0.29) is 30.6 Å². The number of aliphatic hydroxyl groups excluding tert-OH is 1. The van der Waals surface area contributed by atoms with Crippen LogP contribution in [0.25, 0.3) is 0 Å². The van der Waals surface area contributed by atoms with E-state index in [0.29, 0.717) is 18.7 Å². The lowest BCUT2D eigenvalue weighted by atomic mass is 9.63. The smallest absolute Gasteiger partial charge is 0.227 e. The molecule has 2 heterocycles. The van der Waals surface area contributed by atoms with E-state index in [1.165, 1.54) is 4.31 Å². The van der Waals surface area contributed by atoms with Gasteiger partial charge in [-0.2, -0.15) is 4.31 Å². The number of amides is 1. The number of hydrogen-bond donors (Lipinski definition) is 1. The van der Waals surface area contributed by atoms with E-state index in [1.54, 1.807) is 17.0 Å². The molecule has 2 saturated heterocycles. The van der Waals surface area contributed by atoms with Crippen LogP contribution in [-0.4, -0.2) is 59.9 Å². The minimum atomic E-state index is -3.72. The molecule has 3 aromatic rings. The molecule has 5 rings (SSSR count). The molecule has 1 spiro atoms. The maximum absolute atomic E-state index is 13.6. The molecule has 2 fully saturated rings. The molecule has 1 amide bonds. The molecule has 34 heavy (non-hydrogen) atoms. The van der Waals surface area contributed by atoms with Crippen molar-refractivity contribution in [1.29, 1.82) is 0 Å². The van der Waals surface area contributed by atoms with Gasteiger partial charge >= 0.3 is 0 Å². The molecular formula is C27H28N2O4S. The van der Waals surface area contributed by atoms with Crippen LogP contribution in [0.2, 0.25) is 0 Å². The van der Waals surface area contributed by atoms with Crippen LogP contribution in [0, 0.1) is 0 Å². The Morgan fingerprint density at radius 2 is 1.38 bits per heavy atom. The highest BCUT2D eigenvalue weighted by atomic mass is 32.2. The zero-order valence-electron chi connectivity index (χ0n) is 18.8. The Morgan fingerprint density at radius 1 is 0.853 bits per heavy atom. The van der Waals surface area contributed by atoms with Crippen LogP contribution in [0.15, 0.2) is 91.0 Å². The molecule has 3 aromatic carbocycles. The third kappa shape index (κ3) is 3.94. The summed E-state index contributed by atoms with van der Waals surface area (Å²) in [6.07, 6.45) is 0.285. The van der Waals surface area contributed by atoms with E-state index in [9.17, 15) is 18.3 Å². The normalized spacial score (nSPS) is 21.6. The fourth-order valence-corrected chi connectivity index (χ4v) is 7.73. The quantitative estimate of drug-likeness (QED) is 0.569. The first kappa shape index (κ1) is 22.8. The number of likely N-dealkylation sites (tertiary alicyclic amines) is 1. The second-order valence-electron chi connectivity index (χ2n) is 9.19. The van der Waals surface area contributed by atoms with Crippen molar-refractivity contribution >= 4 is 15.9 Å². The first-order valence-electron chi connectivity index (χ1n) is 11.5. The van der Waals surface area contributed by atoms with Crippen molar-refractivity contribution < 1.29 is 18.3 Å². The van der Waals surface area contributed by atoms with Gasteiger partial charge in [0, 0.05) is 19.0 Å². The summed E-state index contributed by atoms with van der Waals surface area (Å²) in [5.74, 6) is -0.326. The van der Waals surface area contributed by atoms with Crippen molar-refractivity contribution in [3.05, 3.63) is 108 Å². The molecule has 2 atom stereocenters. The molecule has 6 nitrogen and oxygen atoms in total. The minimum Gasteiger partial charge on any atom is -0.395 e. The van der Waals surface area contributed by atoms with E-state index in [2.05, 4.69) is 0 Å². The van der Waals surface area contributed by atoms with Crippen LogP contribution in [-0.2, 0) is 27.0 Å². The van der Waals surface area contributed by atoms with E-state index in [0.717, 1.165) is 11.1 Å². The van der Waals surface area contributed by atoms with Crippen LogP contribution >= 0.6 is 0 Å². The molecule has 0 saturated carbocycles. The topological polar surface area (TPSA) is 77.9 Å². The zero-order chi connectivity index (χ0) is 23.8. The van der Waals surface area contributed by atoms with Gasteiger partial charge in [-0.1, -0.05) is 91.0 Å². The van der Waals surface area contributed by atoms with Crippen LogP contribution in [0.3, 0.4) is 0 Å². The Kier molecular flexibility index (Phi) is 6.02. The summed E-state index contributed by atoms with van der Waals surface area (Å²) in [7, 11) is -3.72. The van der Waals surface area contributed by atoms with E-state index in [1.807, 2.05) is 78.9 Å². The Balaban J connectivity index is 1.43. The second kappa shape index (κ2) is 8.98. The maximum Gasteiger partial charge on any atom is 0.227 e. The van der Waals surface area contributed by atoms with Crippen LogP contribution in [0.4, 0.5) is 0 Å². The Labute approximate surface area is 200 Å². The van der Waals surface area contributed by atoms with Gasteiger partial charge in [-0.25, -0.2) is 8.42 Å². The molecule has 1 N–H and O–H groups in total. The molecule has 7 heteroatoms. The fraction of sp³-hybridized carbons (Fsp3) is 0.296. The zero-order valence-corrected chi connectivity index (χ0v) is 19.6. The van der Waals surface area contributed by atoms with Crippen LogP contribution in [0.1, 0.15) is 22.6 Å². The summed E-state index contributed by atoms with van der Waals surface area (Å²) >= 11 is 0. The van der Waals surface area contributed by atoms with Crippen LogP contribution < -0.4 is 0 Å². The molecule has 0 aliphatic carbocycles. The van der Waals surface area contributed by atoms with Crippen LogP contribution in [0.5, 0.6) is 0 Å². The van der Waals surface area contributed by atoms with E-state index in [4.69, 9.17) is 0 Å². The third-order valence-electron chi connectivity index (χ3n) is 7.02. The van der Waals surface area contributed by atoms with E-state index < -0.39 is 21.6 Å². The van der Waals surface area contributed by atoms with Crippen molar-refractivity contribution in [2.75, 3.05) is 19.7 Å². The maximum atomic E-state index is 13.6. The summed E-state index contributed by atoms with van der Waals surface area (Å²) < 4.78 is 28.7. The molecule has 0 unspecified atom stereocenters. The predicted octanol–water partition coefficient (Wildman–Crippen LogP) is 2.80. The number of carbonyl (C=O) groups is 1. The van der Waals surface area contributed by atoms with Crippen molar-refractivity contribution in [1.82, 2.24) is 9.21 Å². The highest BCUT2D eigenvalue weighted by Gasteiger charge is 2.70.